The molecule has 1 rings (SSSR count). The van der Waals surface area contributed by atoms with Crippen LogP contribution in [0.3, 0.4) is 0 Å². The number of ether oxygens (including phenoxy) is 1. The van der Waals surface area contributed by atoms with Gasteiger partial charge in [0.2, 0.25) is 5.09 Å². The summed E-state index contributed by atoms with van der Waals surface area (Å²) in [5, 5.41) is 8.44. The van der Waals surface area contributed by atoms with Gasteiger partial charge in [0.1, 0.15) is 17.4 Å². The first kappa shape index (κ1) is 17.2. The molecular weight excluding hydrogens is 302 g/mol. The second kappa shape index (κ2) is 6.72. The highest BCUT2D eigenvalue weighted by Crippen LogP contribution is 2.20. The van der Waals surface area contributed by atoms with Crippen LogP contribution >= 0.6 is 0 Å². The highest BCUT2D eigenvalue weighted by atomic mass is 32.2. The number of rotatable bonds is 7. The number of furan rings is 1. The number of carbonyl (C=O) groups excluding carboxylic acids is 1. The van der Waals surface area contributed by atoms with Crippen molar-refractivity contribution in [1.82, 2.24) is 4.72 Å². The summed E-state index contributed by atoms with van der Waals surface area (Å²) in [6.45, 7) is 3.14. The van der Waals surface area contributed by atoms with Crippen molar-refractivity contribution < 1.29 is 32.3 Å². The van der Waals surface area contributed by atoms with Gasteiger partial charge < -0.3 is 14.3 Å². The van der Waals surface area contributed by atoms with Gasteiger partial charge in [-0.2, -0.15) is 4.72 Å². The van der Waals surface area contributed by atoms with Gasteiger partial charge in [-0.25, -0.2) is 13.2 Å². The van der Waals surface area contributed by atoms with Crippen molar-refractivity contribution in [1.29, 1.82) is 0 Å². The average molecular weight is 319 g/mol. The fraction of sp³-hybridized carbons (Fsp3) is 0.500. The molecule has 21 heavy (non-hydrogen) atoms. The first-order valence-corrected chi connectivity index (χ1v) is 7.65. The standard InChI is InChI=1S/C12H17NO7S/c1-4-5-9(11(14)15)13-21(17,18)10-6-8(7(2)20-10)12(16)19-3/h6,9,13H,4-5H2,1-3H3,(H,14,15). The molecule has 0 spiro atoms. The Morgan fingerprint density at radius 2 is 2.10 bits per heavy atom. The quantitative estimate of drug-likeness (QED) is 0.716. The SMILES string of the molecule is CCCC(NS(=O)(=O)c1cc(C(=O)OC)c(C)o1)C(=O)O. The summed E-state index contributed by atoms with van der Waals surface area (Å²) in [6.07, 6.45) is 0.627. The molecule has 0 amide bonds. The monoisotopic (exact) mass is 319 g/mol. The Kier molecular flexibility index (Phi) is 5.50. The lowest BCUT2D eigenvalue weighted by atomic mass is 10.2. The zero-order valence-corrected chi connectivity index (χ0v) is 12.7. The Hall–Kier alpha value is -1.87. The number of methoxy groups -OCH3 is 1. The number of aliphatic carboxylic acids is 1. The summed E-state index contributed by atoms with van der Waals surface area (Å²) in [5.41, 5.74) is -0.0276. The third kappa shape index (κ3) is 4.05. The Labute approximate surface area is 122 Å². The number of carboxylic acids is 1. The molecular formula is C12H17NO7S. The van der Waals surface area contributed by atoms with Gasteiger partial charge in [0.05, 0.1) is 7.11 Å². The highest BCUT2D eigenvalue weighted by molar-refractivity contribution is 7.89. The molecule has 0 saturated carbocycles. The van der Waals surface area contributed by atoms with Crippen LogP contribution in [0.25, 0.3) is 0 Å². The van der Waals surface area contributed by atoms with Crippen LogP contribution in [0.2, 0.25) is 0 Å². The van der Waals surface area contributed by atoms with E-state index in [1.807, 2.05) is 4.72 Å². The van der Waals surface area contributed by atoms with Crippen LogP contribution in [0.4, 0.5) is 0 Å². The van der Waals surface area contributed by atoms with Crippen molar-refractivity contribution in [3.05, 3.63) is 17.4 Å². The molecule has 0 aliphatic heterocycles. The number of carboxylic acid groups (broad SMARTS) is 1. The average Bonchev–Trinajstić information content (AvgIpc) is 2.80. The summed E-state index contributed by atoms with van der Waals surface area (Å²) in [5.74, 6) is -1.94. The molecule has 0 aliphatic rings. The molecule has 8 nitrogen and oxygen atoms in total. The number of nitrogens with one attached hydrogen (secondary N) is 1. The molecule has 1 aromatic heterocycles. The number of aryl methyl sites for hydroxylation is 1. The van der Waals surface area contributed by atoms with Gasteiger partial charge in [-0.3, -0.25) is 4.79 Å². The number of sulfonamides is 1. The molecule has 0 saturated heterocycles. The minimum absolute atomic E-state index is 0.0276. The van der Waals surface area contributed by atoms with E-state index in [0.717, 1.165) is 13.2 Å². The maximum Gasteiger partial charge on any atom is 0.341 e. The molecule has 1 heterocycles. The minimum atomic E-state index is -4.18. The number of carbonyl (C=O) groups is 2. The topological polar surface area (TPSA) is 123 Å². The summed E-state index contributed by atoms with van der Waals surface area (Å²) in [6, 6.07) is -0.249. The van der Waals surface area contributed by atoms with E-state index < -0.39 is 33.1 Å². The number of hydrogen-bond donors (Lipinski definition) is 2. The largest absolute Gasteiger partial charge is 0.480 e. The van der Waals surface area contributed by atoms with E-state index in [4.69, 9.17) is 9.52 Å². The van der Waals surface area contributed by atoms with Crippen LogP contribution in [-0.4, -0.2) is 38.6 Å². The molecule has 0 aliphatic carbocycles. The predicted octanol–water partition coefficient (Wildman–Crippen LogP) is 0.906. The third-order valence-corrected chi connectivity index (χ3v) is 4.06. The molecule has 2 N–H and O–H groups in total. The van der Waals surface area contributed by atoms with E-state index in [0.29, 0.717) is 6.42 Å². The lowest BCUT2D eigenvalue weighted by Gasteiger charge is -2.12. The molecule has 1 atom stereocenters. The summed E-state index contributed by atoms with van der Waals surface area (Å²) >= 11 is 0. The van der Waals surface area contributed by atoms with Gasteiger partial charge in [0.25, 0.3) is 10.0 Å². The third-order valence-electron chi connectivity index (χ3n) is 2.74. The first-order valence-electron chi connectivity index (χ1n) is 6.16. The van der Waals surface area contributed by atoms with E-state index in [2.05, 4.69) is 4.74 Å². The normalized spacial score (nSPS) is 12.9. The molecule has 0 radical (unpaired) electrons. The van der Waals surface area contributed by atoms with Crippen molar-refractivity contribution in [2.45, 2.75) is 37.8 Å². The molecule has 1 aromatic rings. The second-order valence-corrected chi connectivity index (χ2v) is 5.97. The van der Waals surface area contributed by atoms with Gasteiger partial charge in [-0.1, -0.05) is 13.3 Å². The van der Waals surface area contributed by atoms with Gasteiger partial charge in [0, 0.05) is 6.07 Å². The van der Waals surface area contributed by atoms with Crippen molar-refractivity contribution in [3.8, 4) is 0 Å². The van der Waals surface area contributed by atoms with E-state index in [1.54, 1.807) is 6.92 Å². The highest BCUT2D eigenvalue weighted by Gasteiger charge is 2.29. The fourth-order valence-corrected chi connectivity index (χ4v) is 2.88. The smallest absolute Gasteiger partial charge is 0.341 e. The molecule has 0 aromatic carbocycles. The molecule has 0 fully saturated rings. The van der Waals surface area contributed by atoms with Gasteiger partial charge in [-0.05, 0) is 13.3 Å². The Bertz CT molecular complexity index is 632. The Balaban J connectivity index is 3.08. The van der Waals surface area contributed by atoms with E-state index in [9.17, 15) is 18.0 Å². The summed E-state index contributed by atoms with van der Waals surface area (Å²) < 4.78 is 35.7. The number of esters is 1. The maximum absolute atomic E-state index is 12.1. The van der Waals surface area contributed by atoms with Crippen molar-refractivity contribution >= 4 is 22.0 Å². The van der Waals surface area contributed by atoms with Crippen LogP contribution in [0, 0.1) is 6.92 Å². The van der Waals surface area contributed by atoms with Crippen molar-refractivity contribution in [3.63, 3.8) is 0 Å². The minimum Gasteiger partial charge on any atom is -0.480 e. The predicted molar refractivity (Wildman–Crippen MR) is 71.4 cm³/mol. The van der Waals surface area contributed by atoms with E-state index >= 15 is 0 Å². The molecule has 118 valence electrons. The van der Waals surface area contributed by atoms with Crippen LogP contribution in [0.1, 0.15) is 35.9 Å². The van der Waals surface area contributed by atoms with Crippen LogP contribution < -0.4 is 4.72 Å². The zero-order valence-electron chi connectivity index (χ0n) is 11.9. The first-order chi connectivity index (χ1) is 9.72. The number of hydrogen-bond acceptors (Lipinski definition) is 6. The summed E-state index contributed by atoms with van der Waals surface area (Å²) in [7, 11) is -3.02. The lowest BCUT2D eigenvalue weighted by molar-refractivity contribution is -0.139. The molecule has 0 bridgehead atoms. The van der Waals surface area contributed by atoms with Crippen LogP contribution in [0.5, 0.6) is 0 Å². The molecule has 1 unspecified atom stereocenters. The van der Waals surface area contributed by atoms with E-state index in [-0.39, 0.29) is 17.7 Å². The lowest BCUT2D eigenvalue weighted by Crippen LogP contribution is -2.40. The summed E-state index contributed by atoms with van der Waals surface area (Å²) in [4.78, 5) is 22.4. The van der Waals surface area contributed by atoms with Crippen molar-refractivity contribution in [2.75, 3.05) is 7.11 Å². The van der Waals surface area contributed by atoms with Gasteiger partial charge >= 0.3 is 11.9 Å². The van der Waals surface area contributed by atoms with Crippen molar-refractivity contribution in [2.24, 2.45) is 0 Å². The second-order valence-electron chi connectivity index (χ2n) is 4.33. The Morgan fingerprint density at radius 3 is 2.57 bits per heavy atom. The maximum atomic E-state index is 12.1. The van der Waals surface area contributed by atoms with Gasteiger partial charge in [-0.15, -0.1) is 0 Å². The van der Waals surface area contributed by atoms with Gasteiger partial charge in [0.15, 0.2) is 0 Å². The fourth-order valence-electron chi connectivity index (χ4n) is 1.67. The van der Waals surface area contributed by atoms with Crippen LogP contribution in [-0.2, 0) is 19.6 Å². The van der Waals surface area contributed by atoms with Crippen LogP contribution in [0.15, 0.2) is 15.6 Å². The Morgan fingerprint density at radius 1 is 1.48 bits per heavy atom. The van der Waals surface area contributed by atoms with E-state index in [1.165, 1.54) is 6.92 Å². The zero-order chi connectivity index (χ0) is 16.2. The molecule has 9 heteroatoms.